The Labute approximate surface area is 145 Å². The van der Waals surface area contributed by atoms with Crippen LogP contribution < -0.4 is 0 Å². The lowest BCUT2D eigenvalue weighted by atomic mass is 9.89. The van der Waals surface area contributed by atoms with Gasteiger partial charge in [-0.25, -0.2) is 0 Å². The minimum absolute atomic E-state index is 0.149. The molecule has 2 aliphatic rings. The van der Waals surface area contributed by atoms with E-state index < -0.39 is 0 Å². The molecule has 6 heteroatoms. The number of carbonyl (C=O) groups excluding carboxylic acids is 2. The number of likely N-dealkylation sites (tertiary alicyclic amines) is 2. The first kappa shape index (κ1) is 19.2. The fourth-order valence-corrected chi connectivity index (χ4v) is 3.98. The Morgan fingerprint density at radius 3 is 2.67 bits per heavy atom. The van der Waals surface area contributed by atoms with Crippen LogP contribution in [0.2, 0.25) is 0 Å². The Kier molecular flexibility index (Phi) is 7.49. The van der Waals surface area contributed by atoms with Gasteiger partial charge in [-0.15, -0.1) is 0 Å². The molecule has 2 fully saturated rings. The number of carbonyl (C=O) groups is 2. The van der Waals surface area contributed by atoms with Crippen LogP contribution >= 0.6 is 0 Å². The molecule has 0 radical (unpaired) electrons. The maximum atomic E-state index is 12.5. The predicted octanol–water partition coefficient (Wildman–Crippen LogP) is 0.798. The van der Waals surface area contributed by atoms with Crippen molar-refractivity contribution in [3.05, 3.63) is 0 Å². The summed E-state index contributed by atoms with van der Waals surface area (Å²) in [5.41, 5.74) is 0. The third kappa shape index (κ3) is 5.74. The van der Waals surface area contributed by atoms with Crippen molar-refractivity contribution in [2.24, 2.45) is 11.8 Å². The maximum Gasteiger partial charge on any atom is 0.222 e. The van der Waals surface area contributed by atoms with Crippen molar-refractivity contribution in [3.8, 4) is 0 Å². The van der Waals surface area contributed by atoms with Crippen LogP contribution in [0.3, 0.4) is 0 Å². The molecular formula is C18H33N3O3. The molecule has 0 spiro atoms. The summed E-state index contributed by atoms with van der Waals surface area (Å²) in [7, 11) is 4.09. The number of aliphatic hydroxyl groups is 1. The summed E-state index contributed by atoms with van der Waals surface area (Å²) in [6, 6.07) is 0. The molecule has 0 bridgehead atoms. The zero-order valence-corrected chi connectivity index (χ0v) is 15.2. The van der Waals surface area contributed by atoms with Crippen LogP contribution in [0.15, 0.2) is 0 Å². The lowest BCUT2D eigenvalue weighted by molar-refractivity contribution is -0.136. The van der Waals surface area contributed by atoms with Crippen molar-refractivity contribution in [2.75, 3.05) is 53.4 Å². The first-order chi connectivity index (χ1) is 11.5. The summed E-state index contributed by atoms with van der Waals surface area (Å²) < 4.78 is 0. The third-order valence-electron chi connectivity index (χ3n) is 5.10. The van der Waals surface area contributed by atoms with Crippen LogP contribution in [-0.4, -0.2) is 85.0 Å². The molecule has 2 heterocycles. The van der Waals surface area contributed by atoms with E-state index in [0.717, 1.165) is 45.3 Å². The molecule has 2 saturated heterocycles. The van der Waals surface area contributed by atoms with Gasteiger partial charge in [0.2, 0.25) is 11.8 Å². The maximum absolute atomic E-state index is 12.5. The number of rotatable bonds is 7. The number of amides is 2. The minimum Gasteiger partial charge on any atom is -0.396 e. The molecule has 2 aliphatic heterocycles. The van der Waals surface area contributed by atoms with E-state index in [1.807, 2.05) is 23.9 Å². The molecule has 0 aromatic heterocycles. The van der Waals surface area contributed by atoms with E-state index in [0.29, 0.717) is 31.8 Å². The molecule has 0 aliphatic carbocycles. The SMILES string of the molecule is CN(C)C[C@@H]1C[C@H](CO)CN(C(=O)CCCN2CCCCC2=O)C1. The normalized spacial score (nSPS) is 25.4. The van der Waals surface area contributed by atoms with Crippen LogP contribution in [-0.2, 0) is 9.59 Å². The summed E-state index contributed by atoms with van der Waals surface area (Å²) >= 11 is 0. The molecule has 2 rings (SSSR count). The van der Waals surface area contributed by atoms with Crippen LogP contribution in [0.25, 0.3) is 0 Å². The van der Waals surface area contributed by atoms with Crippen molar-refractivity contribution >= 4 is 11.8 Å². The van der Waals surface area contributed by atoms with Crippen LogP contribution in [0, 0.1) is 11.8 Å². The third-order valence-corrected chi connectivity index (χ3v) is 5.10. The average molecular weight is 339 g/mol. The molecule has 0 unspecified atom stereocenters. The van der Waals surface area contributed by atoms with Gasteiger partial charge in [0, 0.05) is 52.2 Å². The van der Waals surface area contributed by atoms with E-state index >= 15 is 0 Å². The van der Waals surface area contributed by atoms with Crippen LogP contribution in [0.5, 0.6) is 0 Å². The smallest absolute Gasteiger partial charge is 0.222 e. The van der Waals surface area contributed by atoms with Gasteiger partial charge in [0.1, 0.15) is 0 Å². The molecule has 24 heavy (non-hydrogen) atoms. The monoisotopic (exact) mass is 339 g/mol. The first-order valence-corrected chi connectivity index (χ1v) is 9.30. The van der Waals surface area contributed by atoms with E-state index in [1.165, 1.54) is 0 Å². The van der Waals surface area contributed by atoms with Gasteiger partial charge in [0.05, 0.1) is 0 Å². The van der Waals surface area contributed by atoms with E-state index in [9.17, 15) is 14.7 Å². The van der Waals surface area contributed by atoms with Crippen molar-refractivity contribution in [2.45, 2.75) is 38.5 Å². The summed E-state index contributed by atoms with van der Waals surface area (Å²) in [6.07, 6.45) is 4.96. The summed E-state index contributed by atoms with van der Waals surface area (Å²) in [4.78, 5) is 30.3. The Balaban J connectivity index is 1.78. The Hall–Kier alpha value is -1.14. The Morgan fingerprint density at radius 1 is 1.25 bits per heavy atom. The van der Waals surface area contributed by atoms with Gasteiger partial charge in [0.15, 0.2) is 0 Å². The molecule has 2 amide bonds. The lowest BCUT2D eigenvalue weighted by Crippen LogP contribution is -2.47. The van der Waals surface area contributed by atoms with Crippen LogP contribution in [0.1, 0.15) is 38.5 Å². The second kappa shape index (κ2) is 9.37. The number of aliphatic hydroxyl groups excluding tert-OH is 1. The highest BCUT2D eigenvalue weighted by atomic mass is 16.3. The van der Waals surface area contributed by atoms with Gasteiger partial charge in [-0.3, -0.25) is 9.59 Å². The number of hydrogen-bond acceptors (Lipinski definition) is 4. The number of nitrogens with zero attached hydrogens (tertiary/aromatic N) is 3. The van der Waals surface area contributed by atoms with E-state index in [-0.39, 0.29) is 24.3 Å². The highest BCUT2D eigenvalue weighted by Crippen LogP contribution is 2.23. The van der Waals surface area contributed by atoms with Crippen molar-refractivity contribution in [3.63, 3.8) is 0 Å². The highest BCUT2D eigenvalue weighted by molar-refractivity contribution is 5.77. The molecule has 0 aromatic carbocycles. The summed E-state index contributed by atoms with van der Waals surface area (Å²) in [5, 5.41) is 9.52. The predicted molar refractivity (Wildman–Crippen MR) is 93.5 cm³/mol. The van der Waals surface area contributed by atoms with Gasteiger partial charge < -0.3 is 19.8 Å². The summed E-state index contributed by atoms with van der Waals surface area (Å²) in [6.45, 7) is 4.09. The molecule has 0 aromatic rings. The van der Waals surface area contributed by atoms with Gasteiger partial charge >= 0.3 is 0 Å². The Bertz CT molecular complexity index is 428. The van der Waals surface area contributed by atoms with Crippen molar-refractivity contribution in [1.82, 2.24) is 14.7 Å². The largest absolute Gasteiger partial charge is 0.396 e. The summed E-state index contributed by atoms with van der Waals surface area (Å²) in [5.74, 6) is 1.02. The second-order valence-corrected chi connectivity index (χ2v) is 7.65. The lowest BCUT2D eigenvalue weighted by Gasteiger charge is -2.38. The van der Waals surface area contributed by atoms with Gasteiger partial charge in [0.25, 0.3) is 0 Å². The zero-order chi connectivity index (χ0) is 17.5. The molecule has 0 saturated carbocycles. The molecule has 2 atom stereocenters. The minimum atomic E-state index is 0.149. The Morgan fingerprint density at radius 2 is 2.00 bits per heavy atom. The first-order valence-electron chi connectivity index (χ1n) is 9.30. The fourth-order valence-electron chi connectivity index (χ4n) is 3.98. The number of piperidine rings is 2. The van der Waals surface area contributed by atoms with Crippen LogP contribution in [0.4, 0.5) is 0 Å². The topological polar surface area (TPSA) is 64.1 Å². The van der Waals surface area contributed by atoms with Gasteiger partial charge in [-0.2, -0.15) is 0 Å². The fraction of sp³-hybridized carbons (Fsp3) is 0.889. The molecule has 138 valence electrons. The van der Waals surface area contributed by atoms with Crippen molar-refractivity contribution in [1.29, 1.82) is 0 Å². The molecular weight excluding hydrogens is 306 g/mol. The zero-order valence-electron chi connectivity index (χ0n) is 15.2. The van der Waals surface area contributed by atoms with E-state index in [4.69, 9.17) is 0 Å². The number of hydrogen-bond donors (Lipinski definition) is 1. The van der Waals surface area contributed by atoms with Gasteiger partial charge in [-0.1, -0.05) is 0 Å². The van der Waals surface area contributed by atoms with Crippen molar-refractivity contribution < 1.29 is 14.7 Å². The molecule has 6 nitrogen and oxygen atoms in total. The standard InChI is InChI=1S/C18H33N3O3/c1-19(2)11-15-10-16(14-22)13-21(12-15)18(24)7-5-9-20-8-4-3-6-17(20)23/h15-16,22H,3-14H2,1-2H3/t15-,16-/m0/s1. The average Bonchev–Trinajstić information content (AvgIpc) is 2.55. The molecule has 1 N–H and O–H groups in total. The van der Waals surface area contributed by atoms with E-state index in [2.05, 4.69) is 4.90 Å². The van der Waals surface area contributed by atoms with Gasteiger partial charge in [-0.05, 0) is 51.6 Å². The quantitative estimate of drug-likeness (QED) is 0.745. The van der Waals surface area contributed by atoms with E-state index in [1.54, 1.807) is 0 Å². The second-order valence-electron chi connectivity index (χ2n) is 7.65. The highest BCUT2D eigenvalue weighted by Gasteiger charge is 2.29.